The lowest BCUT2D eigenvalue weighted by molar-refractivity contribution is 0.262. The molecular weight excluding hydrogens is 366 g/mol. The Bertz CT molecular complexity index is 460. The molecule has 2 fully saturated rings. The van der Waals surface area contributed by atoms with Crippen LogP contribution in [0.5, 0.6) is 0 Å². The second kappa shape index (κ2) is 6.60. The summed E-state index contributed by atoms with van der Waals surface area (Å²) in [5.74, 6) is 0.560. The van der Waals surface area contributed by atoms with E-state index < -0.39 is 0 Å². The van der Waals surface area contributed by atoms with Gasteiger partial charge in [0, 0.05) is 21.3 Å². The first-order chi connectivity index (χ1) is 9.74. The van der Waals surface area contributed by atoms with Crippen molar-refractivity contribution in [1.29, 1.82) is 0 Å². The van der Waals surface area contributed by atoms with Gasteiger partial charge in [-0.2, -0.15) is 0 Å². The van der Waals surface area contributed by atoms with Crippen LogP contribution in [-0.2, 0) is 0 Å². The van der Waals surface area contributed by atoms with Crippen LogP contribution in [0.3, 0.4) is 0 Å². The predicted octanol–water partition coefficient (Wildman–Crippen LogP) is 4.15. The van der Waals surface area contributed by atoms with Crippen LogP contribution in [0.2, 0.25) is 0 Å². The quantitative estimate of drug-likeness (QED) is 0.761. The van der Waals surface area contributed by atoms with Crippen LogP contribution in [-0.4, -0.2) is 18.6 Å². The van der Waals surface area contributed by atoms with E-state index in [-0.39, 0.29) is 5.82 Å². The monoisotopic (exact) mass is 388 g/mol. The molecule has 110 valence electrons. The SMILES string of the molecule is Fc1ccc(NC2CCCCC2C2CCCN2)c(I)c1. The lowest BCUT2D eigenvalue weighted by Crippen LogP contribution is -2.43. The van der Waals surface area contributed by atoms with Gasteiger partial charge in [0.15, 0.2) is 0 Å². The molecule has 1 aliphatic carbocycles. The molecule has 4 heteroatoms. The molecule has 3 rings (SSSR count). The first kappa shape index (κ1) is 14.6. The second-order valence-corrected chi connectivity index (χ2v) is 7.19. The van der Waals surface area contributed by atoms with Crippen molar-refractivity contribution in [3.8, 4) is 0 Å². The van der Waals surface area contributed by atoms with Gasteiger partial charge in [0.05, 0.1) is 0 Å². The Hall–Kier alpha value is -0.360. The van der Waals surface area contributed by atoms with Crippen molar-refractivity contribution in [3.05, 3.63) is 27.6 Å². The Kier molecular flexibility index (Phi) is 4.81. The number of hydrogen-bond acceptors (Lipinski definition) is 2. The minimum atomic E-state index is -0.155. The molecular formula is C16H22FIN2. The number of halogens is 2. The maximum Gasteiger partial charge on any atom is 0.124 e. The van der Waals surface area contributed by atoms with Gasteiger partial charge in [-0.15, -0.1) is 0 Å². The van der Waals surface area contributed by atoms with Crippen molar-refractivity contribution in [2.24, 2.45) is 5.92 Å². The van der Waals surface area contributed by atoms with Crippen molar-refractivity contribution in [2.45, 2.75) is 50.6 Å². The van der Waals surface area contributed by atoms with Crippen LogP contribution in [0.1, 0.15) is 38.5 Å². The Morgan fingerprint density at radius 2 is 2.00 bits per heavy atom. The smallest absolute Gasteiger partial charge is 0.124 e. The van der Waals surface area contributed by atoms with Gasteiger partial charge in [-0.25, -0.2) is 4.39 Å². The first-order valence-corrected chi connectivity index (χ1v) is 8.77. The molecule has 0 amide bonds. The van der Waals surface area contributed by atoms with Crippen LogP contribution < -0.4 is 10.6 Å². The fourth-order valence-corrected chi connectivity index (χ4v) is 4.34. The zero-order chi connectivity index (χ0) is 13.9. The molecule has 0 aromatic heterocycles. The molecule has 3 unspecified atom stereocenters. The maximum atomic E-state index is 13.2. The maximum absolute atomic E-state index is 13.2. The molecule has 3 atom stereocenters. The van der Waals surface area contributed by atoms with E-state index in [0.717, 1.165) is 9.26 Å². The summed E-state index contributed by atoms with van der Waals surface area (Å²) in [6, 6.07) is 6.24. The number of hydrogen-bond donors (Lipinski definition) is 2. The van der Waals surface area contributed by atoms with Gasteiger partial charge in [-0.3, -0.25) is 0 Å². The summed E-state index contributed by atoms with van der Waals surface area (Å²) < 4.78 is 14.2. The molecule has 2 nitrogen and oxygen atoms in total. The van der Waals surface area contributed by atoms with Gasteiger partial charge in [-0.1, -0.05) is 12.8 Å². The Morgan fingerprint density at radius 1 is 1.15 bits per heavy atom. The highest BCUT2D eigenvalue weighted by atomic mass is 127. The summed E-state index contributed by atoms with van der Waals surface area (Å²) in [6.45, 7) is 1.17. The average molecular weight is 388 g/mol. The normalized spacial score (nSPS) is 30.4. The van der Waals surface area contributed by atoms with E-state index in [4.69, 9.17) is 0 Å². The predicted molar refractivity (Wildman–Crippen MR) is 89.5 cm³/mol. The molecule has 1 aromatic carbocycles. The van der Waals surface area contributed by atoms with E-state index in [1.54, 1.807) is 12.1 Å². The van der Waals surface area contributed by atoms with Gasteiger partial charge in [0.2, 0.25) is 0 Å². The van der Waals surface area contributed by atoms with Crippen LogP contribution in [0.4, 0.5) is 10.1 Å². The van der Waals surface area contributed by atoms with Crippen LogP contribution in [0.25, 0.3) is 0 Å². The molecule has 1 saturated carbocycles. The molecule has 1 aromatic rings. The number of nitrogens with one attached hydrogen (secondary N) is 2. The van der Waals surface area contributed by atoms with E-state index in [9.17, 15) is 4.39 Å². The van der Waals surface area contributed by atoms with Crippen LogP contribution in [0, 0.1) is 15.3 Å². The molecule has 1 heterocycles. The van der Waals surface area contributed by atoms with Gasteiger partial charge in [0.25, 0.3) is 0 Å². The highest BCUT2D eigenvalue weighted by Gasteiger charge is 2.33. The van der Waals surface area contributed by atoms with Crippen molar-refractivity contribution in [3.63, 3.8) is 0 Å². The molecule has 1 saturated heterocycles. The molecule has 2 N–H and O–H groups in total. The van der Waals surface area contributed by atoms with Gasteiger partial charge in [0.1, 0.15) is 5.82 Å². The van der Waals surface area contributed by atoms with Crippen LogP contribution >= 0.6 is 22.6 Å². The number of anilines is 1. The van der Waals surface area contributed by atoms with Crippen molar-refractivity contribution in [2.75, 3.05) is 11.9 Å². The van der Waals surface area contributed by atoms with Gasteiger partial charge >= 0.3 is 0 Å². The van der Waals surface area contributed by atoms with Crippen molar-refractivity contribution >= 4 is 28.3 Å². The summed E-state index contributed by atoms with van der Waals surface area (Å²) in [6.07, 6.45) is 7.81. The molecule has 0 radical (unpaired) electrons. The molecule has 0 spiro atoms. The third-order valence-electron chi connectivity index (χ3n) is 4.71. The van der Waals surface area contributed by atoms with E-state index in [1.165, 1.54) is 45.1 Å². The summed E-state index contributed by atoms with van der Waals surface area (Å²) in [5, 5.41) is 7.35. The summed E-state index contributed by atoms with van der Waals surface area (Å²) in [7, 11) is 0. The molecule has 0 bridgehead atoms. The largest absolute Gasteiger partial charge is 0.381 e. The highest BCUT2D eigenvalue weighted by molar-refractivity contribution is 14.1. The average Bonchev–Trinajstić information content (AvgIpc) is 2.96. The van der Waals surface area contributed by atoms with Gasteiger partial charge in [-0.05, 0) is 78.9 Å². The molecule has 2 aliphatic rings. The Balaban J connectivity index is 1.72. The van der Waals surface area contributed by atoms with E-state index in [2.05, 4.69) is 33.2 Å². The molecule has 1 aliphatic heterocycles. The summed E-state index contributed by atoms with van der Waals surface area (Å²) in [4.78, 5) is 0. The third kappa shape index (κ3) is 3.27. The highest BCUT2D eigenvalue weighted by Crippen LogP contribution is 2.33. The first-order valence-electron chi connectivity index (χ1n) is 7.69. The minimum absolute atomic E-state index is 0.155. The Labute approximate surface area is 134 Å². The summed E-state index contributed by atoms with van der Waals surface area (Å²) >= 11 is 2.22. The number of benzene rings is 1. The topological polar surface area (TPSA) is 24.1 Å². The fraction of sp³-hybridized carbons (Fsp3) is 0.625. The van der Waals surface area contributed by atoms with Crippen molar-refractivity contribution in [1.82, 2.24) is 5.32 Å². The standard InChI is InChI=1S/C16H22FIN2/c17-11-7-8-16(13(18)10-11)20-15-5-2-1-4-12(15)14-6-3-9-19-14/h7-8,10,12,14-15,19-20H,1-6,9H2. The summed E-state index contributed by atoms with van der Waals surface area (Å²) in [5.41, 5.74) is 1.09. The van der Waals surface area contributed by atoms with E-state index in [1.807, 2.05) is 6.07 Å². The zero-order valence-electron chi connectivity index (χ0n) is 11.7. The lowest BCUT2D eigenvalue weighted by Gasteiger charge is -2.37. The second-order valence-electron chi connectivity index (χ2n) is 6.03. The lowest BCUT2D eigenvalue weighted by atomic mass is 9.79. The zero-order valence-corrected chi connectivity index (χ0v) is 13.8. The fourth-order valence-electron chi connectivity index (χ4n) is 3.70. The van der Waals surface area contributed by atoms with E-state index in [0.29, 0.717) is 18.0 Å². The molecule has 20 heavy (non-hydrogen) atoms. The minimum Gasteiger partial charge on any atom is -0.381 e. The van der Waals surface area contributed by atoms with E-state index >= 15 is 0 Å². The Morgan fingerprint density at radius 3 is 2.75 bits per heavy atom. The van der Waals surface area contributed by atoms with Gasteiger partial charge < -0.3 is 10.6 Å². The van der Waals surface area contributed by atoms with Crippen LogP contribution in [0.15, 0.2) is 18.2 Å². The third-order valence-corrected chi connectivity index (χ3v) is 5.60. The van der Waals surface area contributed by atoms with Crippen molar-refractivity contribution < 1.29 is 4.39 Å². The number of rotatable bonds is 3.